The average molecular weight is 352 g/mol. The van der Waals surface area contributed by atoms with Crippen LogP contribution in [-0.2, 0) is 13.1 Å². The van der Waals surface area contributed by atoms with Gasteiger partial charge in [-0.15, -0.1) is 0 Å². The van der Waals surface area contributed by atoms with Gasteiger partial charge in [-0.1, -0.05) is 40.2 Å². The molecule has 0 unspecified atom stereocenters. The zero-order valence-corrected chi connectivity index (χ0v) is 13.1. The molecule has 2 aromatic rings. The largest absolute Gasteiger partial charge is 0.478 e. The van der Waals surface area contributed by atoms with Crippen LogP contribution in [0.5, 0.6) is 0 Å². The van der Waals surface area contributed by atoms with Gasteiger partial charge in [0.1, 0.15) is 5.82 Å². The smallest absolute Gasteiger partial charge is 0.338 e. The molecule has 0 aliphatic heterocycles. The molecular weight excluding hydrogens is 337 g/mol. The van der Waals surface area contributed by atoms with E-state index in [2.05, 4.69) is 15.9 Å². The zero-order valence-electron chi connectivity index (χ0n) is 11.5. The summed E-state index contributed by atoms with van der Waals surface area (Å²) < 4.78 is 15.1. The SMILES string of the molecule is CN(Cc1ccc(Br)cc1)Cc1cccc(C(=O)O)c1F. The van der Waals surface area contributed by atoms with E-state index in [0.717, 1.165) is 10.0 Å². The maximum Gasteiger partial charge on any atom is 0.338 e. The first-order chi connectivity index (χ1) is 9.97. The van der Waals surface area contributed by atoms with Crippen molar-refractivity contribution in [3.05, 3.63) is 69.4 Å². The predicted octanol–water partition coefficient (Wildman–Crippen LogP) is 3.92. The Kier molecular flexibility index (Phi) is 5.09. The van der Waals surface area contributed by atoms with Crippen molar-refractivity contribution in [3.63, 3.8) is 0 Å². The predicted molar refractivity (Wildman–Crippen MR) is 82.7 cm³/mol. The molecule has 0 heterocycles. The number of aromatic carboxylic acids is 1. The Morgan fingerprint density at radius 3 is 2.48 bits per heavy atom. The fraction of sp³-hybridized carbons (Fsp3) is 0.188. The third-order valence-electron chi connectivity index (χ3n) is 3.12. The first kappa shape index (κ1) is 15.7. The van der Waals surface area contributed by atoms with Gasteiger partial charge in [-0.2, -0.15) is 0 Å². The van der Waals surface area contributed by atoms with Gasteiger partial charge in [0.2, 0.25) is 0 Å². The second-order valence-electron chi connectivity index (χ2n) is 4.88. The molecule has 3 nitrogen and oxygen atoms in total. The van der Waals surface area contributed by atoms with Gasteiger partial charge in [0.15, 0.2) is 0 Å². The fourth-order valence-corrected chi connectivity index (χ4v) is 2.38. The highest BCUT2D eigenvalue weighted by Gasteiger charge is 2.14. The first-order valence-electron chi connectivity index (χ1n) is 6.41. The topological polar surface area (TPSA) is 40.5 Å². The van der Waals surface area contributed by atoms with Crippen LogP contribution in [0.15, 0.2) is 46.9 Å². The number of carboxylic acid groups (broad SMARTS) is 1. The lowest BCUT2D eigenvalue weighted by atomic mass is 10.1. The third-order valence-corrected chi connectivity index (χ3v) is 3.64. The van der Waals surface area contributed by atoms with Crippen LogP contribution < -0.4 is 0 Å². The molecular formula is C16H15BrFNO2. The van der Waals surface area contributed by atoms with E-state index in [1.165, 1.54) is 6.07 Å². The second kappa shape index (κ2) is 6.83. The maximum atomic E-state index is 14.1. The summed E-state index contributed by atoms with van der Waals surface area (Å²) in [5, 5.41) is 8.93. The molecule has 0 aliphatic rings. The standard InChI is InChI=1S/C16H15BrFNO2/c1-19(9-11-5-7-13(17)8-6-11)10-12-3-2-4-14(15(12)18)16(20)21/h2-8H,9-10H2,1H3,(H,20,21). The van der Waals surface area contributed by atoms with E-state index in [1.807, 2.05) is 36.2 Å². The third kappa shape index (κ3) is 4.12. The molecule has 0 aliphatic carbocycles. The number of nitrogens with zero attached hydrogens (tertiary/aromatic N) is 1. The molecule has 0 spiro atoms. The Hall–Kier alpha value is -1.72. The van der Waals surface area contributed by atoms with Crippen LogP contribution in [0.25, 0.3) is 0 Å². The van der Waals surface area contributed by atoms with Gasteiger partial charge in [0.05, 0.1) is 5.56 Å². The number of hydrogen-bond donors (Lipinski definition) is 1. The molecule has 0 aromatic heterocycles. The molecule has 21 heavy (non-hydrogen) atoms. The molecule has 2 rings (SSSR count). The second-order valence-corrected chi connectivity index (χ2v) is 5.80. The molecule has 0 saturated heterocycles. The summed E-state index contributed by atoms with van der Waals surface area (Å²) in [7, 11) is 1.87. The lowest BCUT2D eigenvalue weighted by molar-refractivity contribution is 0.0691. The van der Waals surface area contributed by atoms with Crippen LogP contribution in [-0.4, -0.2) is 23.0 Å². The van der Waals surface area contributed by atoms with Crippen molar-refractivity contribution in [2.24, 2.45) is 0 Å². The van der Waals surface area contributed by atoms with Gasteiger partial charge in [-0.25, -0.2) is 9.18 Å². The van der Waals surface area contributed by atoms with Gasteiger partial charge >= 0.3 is 5.97 Å². The average Bonchev–Trinajstić information content (AvgIpc) is 2.43. The van der Waals surface area contributed by atoms with E-state index in [0.29, 0.717) is 18.7 Å². The highest BCUT2D eigenvalue weighted by Crippen LogP contribution is 2.17. The summed E-state index contributed by atoms with van der Waals surface area (Å²) in [5.41, 5.74) is 1.20. The molecule has 0 bridgehead atoms. The van der Waals surface area contributed by atoms with Crippen molar-refractivity contribution in [2.75, 3.05) is 7.05 Å². The van der Waals surface area contributed by atoms with Crippen LogP contribution in [0.4, 0.5) is 4.39 Å². The Morgan fingerprint density at radius 1 is 1.19 bits per heavy atom. The van der Waals surface area contributed by atoms with E-state index < -0.39 is 11.8 Å². The molecule has 0 fully saturated rings. The summed E-state index contributed by atoms with van der Waals surface area (Å²) in [4.78, 5) is 12.9. The molecule has 0 saturated carbocycles. The van der Waals surface area contributed by atoms with Crippen molar-refractivity contribution < 1.29 is 14.3 Å². The molecule has 110 valence electrons. The summed E-state index contributed by atoms with van der Waals surface area (Å²) >= 11 is 3.38. The first-order valence-corrected chi connectivity index (χ1v) is 7.20. The number of benzene rings is 2. The number of carboxylic acids is 1. The van der Waals surface area contributed by atoms with Crippen molar-refractivity contribution in [2.45, 2.75) is 13.1 Å². The molecule has 0 amide bonds. The fourth-order valence-electron chi connectivity index (χ4n) is 2.12. The van der Waals surface area contributed by atoms with Crippen molar-refractivity contribution >= 4 is 21.9 Å². The van der Waals surface area contributed by atoms with Gasteiger partial charge in [-0.3, -0.25) is 4.90 Å². The van der Waals surface area contributed by atoms with Gasteiger partial charge < -0.3 is 5.11 Å². The Bertz CT molecular complexity index is 643. The van der Waals surface area contributed by atoms with Crippen molar-refractivity contribution in [1.29, 1.82) is 0 Å². The maximum absolute atomic E-state index is 14.1. The normalized spacial score (nSPS) is 10.9. The van der Waals surface area contributed by atoms with Crippen LogP contribution in [0.3, 0.4) is 0 Å². The van der Waals surface area contributed by atoms with Crippen LogP contribution in [0.1, 0.15) is 21.5 Å². The number of halogens is 2. The highest BCUT2D eigenvalue weighted by molar-refractivity contribution is 9.10. The summed E-state index contributed by atoms with van der Waals surface area (Å²) in [6, 6.07) is 12.3. The number of carbonyl (C=O) groups is 1. The lowest BCUT2D eigenvalue weighted by Crippen LogP contribution is -2.18. The minimum absolute atomic E-state index is 0.287. The number of rotatable bonds is 5. The Balaban J connectivity index is 2.09. The van der Waals surface area contributed by atoms with E-state index >= 15 is 0 Å². The highest BCUT2D eigenvalue weighted by atomic mass is 79.9. The molecule has 5 heteroatoms. The van der Waals surface area contributed by atoms with E-state index in [1.54, 1.807) is 12.1 Å². The Labute approximate surface area is 131 Å². The minimum Gasteiger partial charge on any atom is -0.478 e. The molecule has 1 N–H and O–H groups in total. The van der Waals surface area contributed by atoms with Crippen molar-refractivity contribution in [3.8, 4) is 0 Å². The Morgan fingerprint density at radius 2 is 1.86 bits per heavy atom. The van der Waals surface area contributed by atoms with E-state index in [-0.39, 0.29) is 5.56 Å². The summed E-state index contributed by atoms with van der Waals surface area (Å²) in [5.74, 6) is -1.91. The molecule has 0 radical (unpaired) electrons. The zero-order chi connectivity index (χ0) is 15.4. The van der Waals surface area contributed by atoms with Crippen LogP contribution in [0.2, 0.25) is 0 Å². The summed E-state index contributed by atoms with van der Waals surface area (Å²) in [6.45, 7) is 1.01. The van der Waals surface area contributed by atoms with Crippen molar-refractivity contribution in [1.82, 2.24) is 4.90 Å². The number of hydrogen-bond acceptors (Lipinski definition) is 2. The summed E-state index contributed by atoms with van der Waals surface area (Å²) in [6.07, 6.45) is 0. The van der Waals surface area contributed by atoms with E-state index in [9.17, 15) is 9.18 Å². The lowest BCUT2D eigenvalue weighted by Gasteiger charge is -2.17. The quantitative estimate of drug-likeness (QED) is 0.887. The van der Waals surface area contributed by atoms with Crippen LogP contribution in [0, 0.1) is 5.82 Å². The van der Waals surface area contributed by atoms with Gasteiger partial charge in [0, 0.05) is 23.1 Å². The monoisotopic (exact) mass is 351 g/mol. The molecule has 2 aromatic carbocycles. The van der Waals surface area contributed by atoms with Gasteiger partial charge in [-0.05, 0) is 30.8 Å². The molecule has 0 atom stereocenters. The van der Waals surface area contributed by atoms with Crippen LogP contribution >= 0.6 is 15.9 Å². The van der Waals surface area contributed by atoms with E-state index in [4.69, 9.17) is 5.11 Å². The minimum atomic E-state index is -1.25. The van der Waals surface area contributed by atoms with Gasteiger partial charge in [0.25, 0.3) is 0 Å².